The Bertz CT molecular complexity index is 415. The molecule has 1 rings (SSSR count). The molecule has 6 nitrogen and oxygen atoms in total. The van der Waals surface area contributed by atoms with Gasteiger partial charge >= 0.3 is 0 Å². The van der Waals surface area contributed by atoms with Gasteiger partial charge in [-0.2, -0.15) is 5.10 Å². The summed E-state index contributed by atoms with van der Waals surface area (Å²) in [5.74, 6) is 0.228. The fraction of sp³-hybridized carbons (Fsp3) is 0.600. The van der Waals surface area contributed by atoms with E-state index in [1.807, 2.05) is 25.9 Å². The first kappa shape index (κ1) is 13.8. The molecule has 0 aliphatic heterocycles. The van der Waals surface area contributed by atoms with Crippen LogP contribution in [-0.2, 0) is 13.6 Å². The maximum absolute atomic E-state index is 8.44. The zero-order valence-corrected chi connectivity index (χ0v) is 11.1. The first-order valence-electron chi connectivity index (χ1n) is 5.28. The average molecular weight is 260 g/mol. The fourth-order valence-corrected chi connectivity index (χ4v) is 1.79. The molecule has 0 fully saturated rings. The molecular formula is C10H18ClN5O. The Hall–Kier alpha value is -1.27. The van der Waals surface area contributed by atoms with Crippen molar-refractivity contribution < 1.29 is 5.21 Å². The highest BCUT2D eigenvalue weighted by Gasteiger charge is 2.13. The van der Waals surface area contributed by atoms with Gasteiger partial charge < -0.3 is 15.8 Å². The van der Waals surface area contributed by atoms with Crippen molar-refractivity contribution in [3.05, 3.63) is 16.4 Å². The highest BCUT2D eigenvalue weighted by molar-refractivity contribution is 6.30. The van der Waals surface area contributed by atoms with E-state index in [0.29, 0.717) is 24.7 Å². The molecule has 1 heterocycles. The van der Waals surface area contributed by atoms with Gasteiger partial charge in [0, 0.05) is 32.1 Å². The van der Waals surface area contributed by atoms with Gasteiger partial charge in [-0.25, -0.2) is 0 Å². The minimum Gasteiger partial charge on any atom is -0.409 e. The van der Waals surface area contributed by atoms with Crippen LogP contribution in [0.15, 0.2) is 5.16 Å². The summed E-state index contributed by atoms with van der Waals surface area (Å²) in [5.41, 5.74) is 7.34. The van der Waals surface area contributed by atoms with Crippen molar-refractivity contribution in [2.75, 3.05) is 13.6 Å². The topological polar surface area (TPSA) is 79.7 Å². The van der Waals surface area contributed by atoms with Crippen molar-refractivity contribution in [1.29, 1.82) is 0 Å². The zero-order chi connectivity index (χ0) is 13.0. The largest absolute Gasteiger partial charge is 0.409 e. The number of aryl methyl sites for hydroxylation is 2. The molecule has 0 bridgehead atoms. The van der Waals surface area contributed by atoms with E-state index in [1.54, 1.807) is 4.68 Å². The van der Waals surface area contributed by atoms with Crippen molar-refractivity contribution in [2.45, 2.75) is 19.9 Å². The molecule has 1 aromatic rings. The molecule has 0 aliphatic carbocycles. The van der Waals surface area contributed by atoms with Crippen LogP contribution in [0.25, 0.3) is 0 Å². The summed E-state index contributed by atoms with van der Waals surface area (Å²) in [6.45, 7) is 3.32. The molecule has 0 amide bonds. The SMILES string of the molecule is Cc1nn(C)c(Cl)c1CN(C)CCC(N)=NO. The van der Waals surface area contributed by atoms with E-state index in [1.165, 1.54) is 0 Å². The summed E-state index contributed by atoms with van der Waals surface area (Å²) in [6.07, 6.45) is 0.518. The van der Waals surface area contributed by atoms with E-state index in [9.17, 15) is 0 Å². The third-order valence-electron chi connectivity index (χ3n) is 2.58. The van der Waals surface area contributed by atoms with Crippen LogP contribution in [0.3, 0.4) is 0 Å². The Kier molecular flexibility index (Phi) is 4.77. The number of hydrogen-bond donors (Lipinski definition) is 2. The molecule has 3 N–H and O–H groups in total. The van der Waals surface area contributed by atoms with E-state index in [-0.39, 0.29) is 5.84 Å². The van der Waals surface area contributed by atoms with Gasteiger partial charge in [0.1, 0.15) is 11.0 Å². The molecule has 0 unspecified atom stereocenters. The minimum atomic E-state index is 0.228. The lowest BCUT2D eigenvalue weighted by Gasteiger charge is -2.15. The van der Waals surface area contributed by atoms with Crippen molar-refractivity contribution in [3.8, 4) is 0 Å². The molecule has 0 radical (unpaired) electrons. The summed E-state index contributed by atoms with van der Waals surface area (Å²) < 4.78 is 1.66. The first-order chi connectivity index (χ1) is 7.95. The summed E-state index contributed by atoms with van der Waals surface area (Å²) in [5, 5.41) is 16.3. The first-order valence-corrected chi connectivity index (χ1v) is 5.66. The van der Waals surface area contributed by atoms with Crippen molar-refractivity contribution in [1.82, 2.24) is 14.7 Å². The summed E-state index contributed by atoms with van der Waals surface area (Å²) >= 11 is 6.13. The molecule has 7 heteroatoms. The molecule has 0 atom stereocenters. The second kappa shape index (κ2) is 5.88. The number of nitrogens with zero attached hydrogens (tertiary/aromatic N) is 4. The van der Waals surface area contributed by atoms with E-state index >= 15 is 0 Å². The Morgan fingerprint density at radius 3 is 2.76 bits per heavy atom. The van der Waals surface area contributed by atoms with Gasteiger partial charge in [0.05, 0.1) is 5.69 Å². The Morgan fingerprint density at radius 1 is 1.65 bits per heavy atom. The summed E-state index contributed by atoms with van der Waals surface area (Å²) in [7, 11) is 3.77. The van der Waals surface area contributed by atoms with Gasteiger partial charge in [-0.1, -0.05) is 16.8 Å². The molecule has 0 saturated heterocycles. The fourth-order valence-electron chi connectivity index (χ4n) is 1.56. The van der Waals surface area contributed by atoms with Crippen LogP contribution in [0.5, 0.6) is 0 Å². The minimum absolute atomic E-state index is 0.228. The van der Waals surface area contributed by atoms with Crippen LogP contribution in [-0.4, -0.2) is 39.3 Å². The number of oxime groups is 1. The van der Waals surface area contributed by atoms with Crippen LogP contribution < -0.4 is 5.73 Å². The van der Waals surface area contributed by atoms with E-state index < -0.39 is 0 Å². The van der Waals surface area contributed by atoms with Gasteiger partial charge in [0.2, 0.25) is 0 Å². The molecule has 1 aromatic heterocycles. The smallest absolute Gasteiger partial charge is 0.140 e. The average Bonchev–Trinajstić information content (AvgIpc) is 2.53. The summed E-state index contributed by atoms with van der Waals surface area (Å²) in [4.78, 5) is 2.05. The lowest BCUT2D eigenvalue weighted by Crippen LogP contribution is -2.24. The monoisotopic (exact) mass is 259 g/mol. The third kappa shape index (κ3) is 3.61. The molecular weight excluding hydrogens is 242 g/mol. The van der Waals surface area contributed by atoms with Gasteiger partial charge in [0.15, 0.2) is 0 Å². The van der Waals surface area contributed by atoms with Crippen LogP contribution >= 0.6 is 11.6 Å². The number of hydrogen-bond acceptors (Lipinski definition) is 4. The quantitative estimate of drug-likeness (QED) is 0.357. The predicted molar refractivity (Wildman–Crippen MR) is 67.3 cm³/mol. The number of halogens is 1. The molecule has 0 spiro atoms. The van der Waals surface area contributed by atoms with E-state index in [0.717, 1.165) is 11.3 Å². The standard InChI is InChI=1S/C10H18ClN5O/c1-7-8(10(11)16(3)13-7)6-15(2)5-4-9(12)14-17/h17H,4-6H2,1-3H3,(H2,12,14). The molecule has 96 valence electrons. The molecule has 0 saturated carbocycles. The van der Waals surface area contributed by atoms with Crippen molar-refractivity contribution in [3.63, 3.8) is 0 Å². The van der Waals surface area contributed by atoms with Crippen LogP contribution in [0.2, 0.25) is 5.15 Å². The second-order valence-electron chi connectivity index (χ2n) is 4.06. The Balaban J connectivity index is 2.59. The molecule has 17 heavy (non-hydrogen) atoms. The van der Waals surface area contributed by atoms with Gasteiger partial charge in [-0.15, -0.1) is 0 Å². The molecule has 0 aromatic carbocycles. The van der Waals surface area contributed by atoms with E-state index in [2.05, 4.69) is 10.3 Å². The summed E-state index contributed by atoms with van der Waals surface area (Å²) in [6, 6.07) is 0. The highest BCUT2D eigenvalue weighted by Crippen LogP contribution is 2.19. The van der Waals surface area contributed by atoms with Gasteiger partial charge in [0.25, 0.3) is 0 Å². The number of amidine groups is 1. The van der Waals surface area contributed by atoms with E-state index in [4.69, 9.17) is 22.5 Å². The van der Waals surface area contributed by atoms with Crippen LogP contribution in [0, 0.1) is 6.92 Å². The van der Waals surface area contributed by atoms with Crippen LogP contribution in [0.4, 0.5) is 0 Å². The normalized spacial score (nSPS) is 12.4. The van der Waals surface area contributed by atoms with Crippen molar-refractivity contribution in [2.24, 2.45) is 17.9 Å². The second-order valence-corrected chi connectivity index (χ2v) is 4.42. The van der Waals surface area contributed by atoms with Crippen molar-refractivity contribution >= 4 is 17.4 Å². The highest BCUT2D eigenvalue weighted by atomic mass is 35.5. The lowest BCUT2D eigenvalue weighted by atomic mass is 10.2. The third-order valence-corrected chi connectivity index (χ3v) is 3.05. The van der Waals surface area contributed by atoms with Gasteiger partial charge in [-0.05, 0) is 14.0 Å². The maximum Gasteiger partial charge on any atom is 0.140 e. The van der Waals surface area contributed by atoms with Gasteiger partial charge in [-0.3, -0.25) is 4.68 Å². The number of rotatable bonds is 5. The number of nitrogens with two attached hydrogens (primary N) is 1. The Morgan fingerprint density at radius 2 is 2.29 bits per heavy atom. The van der Waals surface area contributed by atoms with Crippen LogP contribution in [0.1, 0.15) is 17.7 Å². The lowest BCUT2D eigenvalue weighted by molar-refractivity contribution is 0.309. The molecule has 0 aliphatic rings. The number of aromatic nitrogens is 2. The Labute approximate surface area is 106 Å². The predicted octanol–water partition coefficient (Wildman–Crippen LogP) is 0.950. The maximum atomic E-state index is 8.44. The zero-order valence-electron chi connectivity index (χ0n) is 10.3.